The van der Waals surface area contributed by atoms with Gasteiger partial charge in [-0.2, -0.15) is 0 Å². The van der Waals surface area contributed by atoms with Crippen LogP contribution in [0.15, 0.2) is 30.3 Å². The maximum Gasteiger partial charge on any atom is 0.0406 e. The summed E-state index contributed by atoms with van der Waals surface area (Å²) in [5, 5.41) is 4.15. The van der Waals surface area contributed by atoms with E-state index in [4.69, 9.17) is 11.6 Å². The molecule has 0 bridgehead atoms. The zero-order valence-corrected chi connectivity index (χ0v) is 10.1. The molecule has 0 heterocycles. The summed E-state index contributed by atoms with van der Waals surface area (Å²) in [5.41, 5.74) is 1.20. The maximum atomic E-state index is 5.80. The first-order chi connectivity index (χ1) is 7.18. The van der Waals surface area contributed by atoms with Crippen LogP contribution in [0.25, 0.3) is 6.08 Å². The van der Waals surface area contributed by atoms with E-state index in [1.165, 1.54) is 5.56 Å². The fourth-order valence-corrected chi connectivity index (χ4v) is 1.37. The van der Waals surface area contributed by atoms with E-state index < -0.39 is 0 Å². The Morgan fingerprint density at radius 3 is 2.53 bits per heavy atom. The van der Waals surface area contributed by atoms with Crippen LogP contribution in [0.5, 0.6) is 0 Å². The third kappa shape index (κ3) is 5.60. The number of rotatable bonds is 5. The molecule has 0 atom stereocenters. The number of hydrogen-bond donors (Lipinski definition) is 1. The molecule has 0 saturated carbocycles. The highest BCUT2D eigenvalue weighted by molar-refractivity contribution is 6.30. The van der Waals surface area contributed by atoms with Crippen molar-refractivity contribution in [1.29, 1.82) is 0 Å². The van der Waals surface area contributed by atoms with Gasteiger partial charge in [-0.05, 0) is 30.7 Å². The Morgan fingerprint density at radius 1 is 1.27 bits per heavy atom. The summed E-state index contributed by atoms with van der Waals surface area (Å²) in [7, 11) is 0. The van der Waals surface area contributed by atoms with Gasteiger partial charge in [0.2, 0.25) is 0 Å². The van der Waals surface area contributed by atoms with Gasteiger partial charge in [-0.25, -0.2) is 0 Å². The zero-order chi connectivity index (χ0) is 11.1. The molecule has 0 unspecified atom stereocenters. The first-order valence-corrected chi connectivity index (χ1v) is 5.72. The van der Waals surface area contributed by atoms with Gasteiger partial charge in [0.25, 0.3) is 0 Å². The molecule has 15 heavy (non-hydrogen) atoms. The molecule has 82 valence electrons. The minimum Gasteiger partial charge on any atom is -0.314 e. The number of halogens is 1. The van der Waals surface area contributed by atoms with Crippen LogP contribution in [0, 0.1) is 0 Å². The Kier molecular flexibility index (Phi) is 5.44. The molecule has 0 aliphatic carbocycles. The van der Waals surface area contributed by atoms with Crippen LogP contribution < -0.4 is 5.32 Å². The minimum absolute atomic E-state index is 0.564. The number of hydrogen-bond acceptors (Lipinski definition) is 1. The highest BCUT2D eigenvalue weighted by Gasteiger charge is 1.89. The van der Waals surface area contributed by atoms with E-state index in [1.54, 1.807) is 0 Å². The quantitative estimate of drug-likeness (QED) is 0.750. The van der Waals surface area contributed by atoms with Crippen molar-refractivity contribution in [2.45, 2.75) is 26.3 Å². The summed E-state index contributed by atoms with van der Waals surface area (Å²) in [6.07, 6.45) is 5.36. The lowest BCUT2D eigenvalue weighted by atomic mass is 10.2. The molecule has 0 aromatic heterocycles. The van der Waals surface area contributed by atoms with Gasteiger partial charge < -0.3 is 5.32 Å². The van der Waals surface area contributed by atoms with Gasteiger partial charge in [-0.1, -0.05) is 49.7 Å². The smallest absolute Gasteiger partial charge is 0.0406 e. The molecule has 0 fully saturated rings. The average Bonchev–Trinajstić information content (AvgIpc) is 2.20. The predicted molar refractivity (Wildman–Crippen MR) is 68.2 cm³/mol. The molecule has 0 aliphatic rings. The van der Waals surface area contributed by atoms with E-state index in [0.29, 0.717) is 6.04 Å². The molecule has 1 aromatic carbocycles. The van der Waals surface area contributed by atoms with Gasteiger partial charge in [0.05, 0.1) is 0 Å². The van der Waals surface area contributed by atoms with E-state index in [0.717, 1.165) is 18.0 Å². The Hall–Kier alpha value is -0.790. The second-order valence-electron chi connectivity index (χ2n) is 3.85. The minimum atomic E-state index is 0.564. The molecular weight excluding hydrogens is 206 g/mol. The zero-order valence-electron chi connectivity index (χ0n) is 9.33. The fourth-order valence-electron chi connectivity index (χ4n) is 1.25. The Morgan fingerprint density at radius 2 is 1.93 bits per heavy atom. The van der Waals surface area contributed by atoms with Gasteiger partial charge in [0.1, 0.15) is 0 Å². The van der Waals surface area contributed by atoms with Crippen molar-refractivity contribution >= 4 is 17.7 Å². The SMILES string of the molecule is CC(C)NCCC=Cc1ccc(Cl)cc1. The lowest BCUT2D eigenvalue weighted by molar-refractivity contribution is 0.595. The van der Waals surface area contributed by atoms with Gasteiger partial charge in [-0.3, -0.25) is 0 Å². The van der Waals surface area contributed by atoms with E-state index in [1.807, 2.05) is 24.3 Å². The molecular formula is C13H18ClN. The van der Waals surface area contributed by atoms with E-state index >= 15 is 0 Å². The van der Waals surface area contributed by atoms with Crippen molar-refractivity contribution in [3.05, 3.63) is 40.9 Å². The summed E-state index contributed by atoms with van der Waals surface area (Å²) in [6.45, 7) is 5.34. The van der Waals surface area contributed by atoms with Gasteiger partial charge in [0.15, 0.2) is 0 Å². The van der Waals surface area contributed by atoms with Gasteiger partial charge in [0, 0.05) is 11.1 Å². The monoisotopic (exact) mass is 223 g/mol. The average molecular weight is 224 g/mol. The Bertz CT molecular complexity index is 301. The predicted octanol–water partition coefficient (Wildman–Crippen LogP) is 3.74. The molecule has 1 aromatic rings. The third-order valence-corrected chi connectivity index (χ3v) is 2.30. The normalized spacial score (nSPS) is 11.5. The van der Waals surface area contributed by atoms with Crippen LogP contribution in [0.1, 0.15) is 25.8 Å². The third-order valence-electron chi connectivity index (χ3n) is 2.04. The molecule has 0 radical (unpaired) electrons. The molecule has 2 heteroatoms. The summed E-state index contributed by atoms with van der Waals surface area (Å²) in [5.74, 6) is 0. The lowest BCUT2D eigenvalue weighted by Crippen LogP contribution is -2.23. The summed E-state index contributed by atoms with van der Waals surface area (Å²) in [6, 6.07) is 8.43. The van der Waals surface area contributed by atoms with Crippen LogP contribution in [-0.4, -0.2) is 12.6 Å². The molecule has 1 rings (SSSR count). The Labute approximate surface area is 97.1 Å². The highest BCUT2D eigenvalue weighted by Crippen LogP contribution is 2.10. The number of nitrogens with one attached hydrogen (secondary N) is 1. The van der Waals surface area contributed by atoms with Crippen LogP contribution in [0.3, 0.4) is 0 Å². The van der Waals surface area contributed by atoms with Crippen LogP contribution in [-0.2, 0) is 0 Å². The summed E-state index contributed by atoms with van der Waals surface area (Å²) >= 11 is 5.80. The lowest BCUT2D eigenvalue weighted by Gasteiger charge is -2.04. The van der Waals surface area contributed by atoms with E-state index in [-0.39, 0.29) is 0 Å². The molecule has 0 spiro atoms. The first kappa shape index (κ1) is 12.3. The maximum absolute atomic E-state index is 5.80. The topological polar surface area (TPSA) is 12.0 Å². The first-order valence-electron chi connectivity index (χ1n) is 5.34. The standard InChI is InChI=1S/C13H18ClN/c1-11(2)15-10-4-3-5-12-6-8-13(14)9-7-12/h3,5-9,11,15H,4,10H2,1-2H3. The van der Waals surface area contributed by atoms with E-state index in [2.05, 4.69) is 31.3 Å². The summed E-state index contributed by atoms with van der Waals surface area (Å²) in [4.78, 5) is 0. The second-order valence-corrected chi connectivity index (χ2v) is 4.29. The van der Waals surface area contributed by atoms with E-state index in [9.17, 15) is 0 Å². The van der Waals surface area contributed by atoms with Crippen molar-refractivity contribution in [3.63, 3.8) is 0 Å². The van der Waals surface area contributed by atoms with Crippen LogP contribution in [0.2, 0.25) is 5.02 Å². The highest BCUT2D eigenvalue weighted by atomic mass is 35.5. The molecule has 0 saturated heterocycles. The molecule has 0 amide bonds. The van der Waals surface area contributed by atoms with Crippen LogP contribution in [0.4, 0.5) is 0 Å². The van der Waals surface area contributed by atoms with Crippen molar-refractivity contribution in [3.8, 4) is 0 Å². The second kappa shape index (κ2) is 6.65. The van der Waals surface area contributed by atoms with Crippen LogP contribution >= 0.6 is 11.6 Å². The Balaban J connectivity index is 2.29. The van der Waals surface area contributed by atoms with Crippen molar-refractivity contribution in [2.75, 3.05) is 6.54 Å². The van der Waals surface area contributed by atoms with Crippen molar-refractivity contribution < 1.29 is 0 Å². The number of benzene rings is 1. The molecule has 1 N–H and O–H groups in total. The molecule has 1 nitrogen and oxygen atoms in total. The van der Waals surface area contributed by atoms with Crippen molar-refractivity contribution in [1.82, 2.24) is 5.32 Å². The molecule has 0 aliphatic heterocycles. The van der Waals surface area contributed by atoms with Gasteiger partial charge in [-0.15, -0.1) is 0 Å². The van der Waals surface area contributed by atoms with Crippen molar-refractivity contribution in [2.24, 2.45) is 0 Å². The largest absolute Gasteiger partial charge is 0.314 e. The fraction of sp³-hybridized carbons (Fsp3) is 0.385. The van der Waals surface area contributed by atoms with Gasteiger partial charge >= 0.3 is 0 Å². The summed E-state index contributed by atoms with van der Waals surface area (Å²) < 4.78 is 0.